The summed E-state index contributed by atoms with van der Waals surface area (Å²) in [5.41, 5.74) is 3.19. The van der Waals surface area contributed by atoms with Crippen LogP contribution >= 0.6 is 0 Å². The fourth-order valence-electron chi connectivity index (χ4n) is 6.33. The van der Waals surface area contributed by atoms with E-state index in [1.54, 1.807) is 0 Å². The molecule has 0 radical (unpaired) electrons. The van der Waals surface area contributed by atoms with Gasteiger partial charge in [-0.1, -0.05) is 36.4 Å². The first-order chi connectivity index (χ1) is 14.2. The van der Waals surface area contributed by atoms with Crippen molar-refractivity contribution in [1.29, 1.82) is 0 Å². The Morgan fingerprint density at radius 2 is 2.07 bits per heavy atom. The number of ketones is 1. The van der Waals surface area contributed by atoms with Crippen molar-refractivity contribution < 1.29 is 19.1 Å². The molecule has 2 fully saturated rings. The summed E-state index contributed by atoms with van der Waals surface area (Å²) in [6.45, 7) is 1.15. The van der Waals surface area contributed by atoms with Gasteiger partial charge in [-0.15, -0.1) is 0 Å². The Labute approximate surface area is 169 Å². The number of hydrogen-bond acceptors (Lipinski definition) is 4. The summed E-state index contributed by atoms with van der Waals surface area (Å²) in [7, 11) is 0. The van der Waals surface area contributed by atoms with Crippen LogP contribution in [0, 0.1) is 5.92 Å². The van der Waals surface area contributed by atoms with Gasteiger partial charge >= 0.3 is 0 Å². The van der Waals surface area contributed by atoms with Crippen molar-refractivity contribution in [3.05, 3.63) is 59.2 Å². The first kappa shape index (κ1) is 17.1. The van der Waals surface area contributed by atoms with E-state index in [2.05, 4.69) is 6.07 Å². The van der Waals surface area contributed by atoms with E-state index in [0.717, 1.165) is 42.7 Å². The van der Waals surface area contributed by atoms with Crippen molar-refractivity contribution in [1.82, 2.24) is 4.90 Å². The molecule has 2 bridgehead atoms. The topological polar surface area (TPSA) is 55.8 Å². The normalized spacial score (nSPS) is 31.1. The molecule has 1 spiro atoms. The zero-order valence-corrected chi connectivity index (χ0v) is 16.2. The lowest BCUT2D eigenvalue weighted by Gasteiger charge is -2.56. The monoisotopic (exact) mass is 389 g/mol. The molecular weight excluding hydrogens is 366 g/mol. The predicted molar refractivity (Wildman–Crippen MR) is 106 cm³/mol. The maximum Gasteiger partial charge on any atom is 0.209 e. The molecule has 148 valence electrons. The number of hydrogen-bond donors (Lipinski definition) is 0. The highest BCUT2D eigenvalue weighted by Crippen LogP contribution is 2.63. The van der Waals surface area contributed by atoms with Gasteiger partial charge in [0.1, 0.15) is 6.61 Å². The number of benzene rings is 2. The Hall–Kier alpha value is -2.82. The van der Waals surface area contributed by atoms with Crippen LogP contribution in [-0.4, -0.2) is 35.8 Å². The van der Waals surface area contributed by atoms with Crippen LogP contribution in [0.2, 0.25) is 0 Å². The number of rotatable bonds is 4. The summed E-state index contributed by atoms with van der Waals surface area (Å²) in [5, 5.41) is 0. The van der Waals surface area contributed by atoms with Gasteiger partial charge in [0.15, 0.2) is 23.4 Å². The number of carbonyl (C=O) groups is 2. The summed E-state index contributed by atoms with van der Waals surface area (Å²) < 4.78 is 12.6. The van der Waals surface area contributed by atoms with E-state index >= 15 is 0 Å². The Kier molecular flexibility index (Phi) is 3.58. The molecule has 5 heteroatoms. The van der Waals surface area contributed by atoms with E-state index in [9.17, 15) is 9.59 Å². The summed E-state index contributed by atoms with van der Waals surface area (Å²) >= 11 is 0. The van der Waals surface area contributed by atoms with Crippen LogP contribution in [0.3, 0.4) is 0 Å². The average Bonchev–Trinajstić information content (AvgIpc) is 3.10. The van der Waals surface area contributed by atoms with Gasteiger partial charge in [0, 0.05) is 24.6 Å². The number of Topliss-reactive ketones (excluding diaryl/α,β-unsaturated/α-hetero) is 1. The number of carbonyl (C=O) groups excluding carboxylic acids is 2. The van der Waals surface area contributed by atoms with Gasteiger partial charge in [-0.05, 0) is 42.4 Å². The van der Waals surface area contributed by atoms with Gasteiger partial charge in [-0.3, -0.25) is 9.59 Å². The summed E-state index contributed by atoms with van der Waals surface area (Å²) in [4.78, 5) is 26.5. The summed E-state index contributed by atoms with van der Waals surface area (Å²) in [6.07, 6.45) is 3.53. The van der Waals surface area contributed by atoms with Crippen LogP contribution in [0.25, 0.3) is 0 Å². The highest BCUT2D eigenvalue weighted by atomic mass is 16.5. The molecule has 2 heterocycles. The molecule has 2 aromatic rings. The van der Waals surface area contributed by atoms with Crippen molar-refractivity contribution in [2.45, 2.75) is 49.9 Å². The van der Waals surface area contributed by atoms with Crippen LogP contribution in [0.1, 0.15) is 36.0 Å². The minimum Gasteiger partial charge on any atom is -0.485 e. The Morgan fingerprint density at radius 3 is 2.90 bits per heavy atom. The minimum atomic E-state index is -0.437. The number of ether oxygens (including phenoxy) is 2. The molecule has 0 aromatic heterocycles. The molecule has 6 rings (SSSR count). The minimum absolute atomic E-state index is 0.162. The lowest BCUT2D eigenvalue weighted by molar-refractivity contribution is -0.142. The van der Waals surface area contributed by atoms with Crippen molar-refractivity contribution >= 4 is 12.2 Å². The third-order valence-electron chi connectivity index (χ3n) is 7.51. The van der Waals surface area contributed by atoms with Crippen LogP contribution in [0.4, 0.5) is 0 Å². The second-order valence-electron chi connectivity index (χ2n) is 8.72. The van der Waals surface area contributed by atoms with Crippen molar-refractivity contribution in [2.75, 3.05) is 6.54 Å². The largest absolute Gasteiger partial charge is 0.485 e. The Morgan fingerprint density at radius 1 is 1.21 bits per heavy atom. The van der Waals surface area contributed by atoms with E-state index in [4.69, 9.17) is 9.47 Å². The van der Waals surface area contributed by atoms with Crippen molar-refractivity contribution in [3.63, 3.8) is 0 Å². The lowest BCUT2D eigenvalue weighted by atomic mass is 9.51. The highest BCUT2D eigenvalue weighted by Gasteiger charge is 2.65. The molecule has 5 nitrogen and oxygen atoms in total. The number of likely N-dealkylation sites (tertiary alicyclic amines) is 1. The molecule has 29 heavy (non-hydrogen) atoms. The fraction of sp³-hybridized carbons (Fsp3) is 0.417. The molecule has 4 aliphatic rings. The maximum absolute atomic E-state index is 12.9. The number of nitrogens with zero attached hydrogens (tertiary/aromatic N) is 1. The van der Waals surface area contributed by atoms with Crippen LogP contribution in [-0.2, 0) is 28.0 Å². The molecule has 1 saturated heterocycles. The standard InChI is InChI=1S/C24H23NO4/c26-14-25-11-10-24-17-7-8-19(27)23(24)29-22-20(28-13-15-4-2-1-3-5-15)9-6-16(21(22)24)12-18(17)25/h1-6,9,14,17-18,23H,7-8,10-13H2. The first-order valence-corrected chi connectivity index (χ1v) is 10.5. The van der Waals surface area contributed by atoms with E-state index in [1.165, 1.54) is 11.1 Å². The summed E-state index contributed by atoms with van der Waals surface area (Å²) in [5.74, 6) is 1.96. The van der Waals surface area contributed by atoms with E-state index in [1.807, 2.05) is 41.3 Å². The molecule has 1 amide bonds. The molecule has 2 aliphatic heterocycles. The smallest absolute Gasteiger partial charge is 0.209 e. The Bertz CT molecular complexity index is 1000. The van der Waals surface area contributed by atoms with Crippen molar-refractivity contribution in [3.8, 4) is 11.5 Å². The number of piperidine rings is 1. The zero-order valence-electron chi connectivity index (χ0n) is 16.2. The van der Waals surface area contributed by atoms with Gasteiger partial charge in [0.2, 0.25) is 6.41 Å². The van der Waals surface area contributed by atoms with Crippen LogP contribution in [0.15, 0.2) is 42.5 Å². The molecule has 1 saturated carbocycles. The average molecular weight is 389 g/mol. The fourth-order valence-corrected chi connectivity index (χ4v) is 6.33. The maximum atomic E-state index is 12.9. The van der Waals surface area contributed by atoms with Gasteiger partial charge in [0.05, 0.1) is 5.41 Å². The van der Waals surface area contributed by atoms with Gasteiger partial charge in [-0.25, -0.2) is 0 Å². The quantitative estimate of drug-likeness (QED) is 0.755. The van der Waals surface area contributed by atoms with Gasteiger partial charge in [-0.2, -0.15) is 0 Å². The molecule has 2 aromatic carbocycles. The zero-order chi connectivity index (χ0) is 19.6. The molecular formula is C24H23NO4. The van der Waals surface area contributed by atoms with Crippen LogP contribution < -0.4 is 9.47 Å². The third kappa shape index (κ3) is 2.21. The molecule has 4 atom stereocenters. The highest BCUT2D eigenvalue weighted by molar-refractivity contribution is 5.89. The summed E-state index contributed by atoms with van der Waals surface area (Å²) in [6, 6.07) is 14.3. The SMILES string of the molecule is O=CN1CCC23c4c5ccc(OCc6ccccc6)c4OC2C(=O)CCC3C1C5. The molecule has 4 unspecified atom stereocenters. The molecule has 2 aliphatic carbocycles. The second kappa shape index (κ2) is 6.09. The van der Waals surface area contributed by atoms with E-state index in [-0.39, 0.29) is 23.2 Å². The predicted octanol–water partition coefficient (Wildman–Crippen LogP) is 3.03. The third-order valence-corrected chi connectivity index (χ3v) is 7.51. The van der Waals surface area contributed by atoms with E-state index < -0.39 is 6.10 Å². The lowest BCUT2D eigenvalue weighted by Crippen LogP contribution is -2.65. The Balaban J connectivity index is 1.45. The molecule has 0 N–H and O–H groups in total. The van der Waals surface area contributed by atoms with Gasteiger partial charge < -0.3 is 14.4 Å². The first-order valence-electron chi connectivity index (χ1n) is 10.5. The number of amides is 1. The van der Waals surface area contributed by atoms with Crippen LogP contribution in [0.5, 0.6) is 11.5 Å². The second-order valence-corrected chi connectivity index (χ2v) is 8.72. The van der Waals surface area contributed by atoms with E-state index in [0.29, 0.717) is 19.6 Å². The van der Waals surface area contributed by atoms with Gasteiger partial charge in [0.25, 0.3) is 0 Å². The van der Waals surface area contributed by atoms with Crippen molar-refractivity contribution in [2.24, 2.45) is 5.92 Å².